The maximum absolute atomic E-state index is 13.1. The Kier molecular flexibility index (Phi) is 4.27. The fourth-order valence-corrected chi connectivity index (χ4v) is 4.26. The van der Waals surface area contributed by atoms with E-state index in [1.54, 1.807) is 7.11 Å². The summed E-state index contributed by atoms with van der Waals surface area (Å²) < 4.78 is 5.50. The molecule has 24 heavy (non-hydrogen) atoms. The van der Waals surface area contributed by atoms with Gasteiger partial charge in [-0.15, -0.1) is 0 Å². The number of hydrogen-bond donors (Lipinski definition) is 1. The smallest absolute Gasteiger partial charge is 0.226 e. The molecule has 0 unspecified atom stereocenters. The van der Waals surface area contributed by atoms with Gasteiger partial charge in [0, 0.05) is 19.6 Å². The third-order valence-electron chi connectivity index (χ3n) is 5.57. The van der Waals surface area contributed by atoms with Crippen molar-refractivity contribution in [3.05, 3.63) is 30.1 Å². The lowest BCUT2D eigenvalue weighted by Crippen LogP contribution is -2.39. The van der Waals surface area contributed by atoms with Gasteiger partial charge < -0.3 is 14.6 Å². The maximum Gasteiger partial charge on any atom is 0.226 e. The summed E-state index contributed by atoms with van der Waals surface area (Å²) in [5.41, 5.74) is 2.02. The number of nitrogens with one attached hydrogen (secondary N) is 1. The highest BCUT2D eigenvalue weighted by molar-refractivity contribution is 5.80. The molecule has 5 nitrogen and oxygen atoms in total. The molecule has 2 fully saturated rings. The zero-order valence-electron chi connectivity index (χ0n) is 14.2. The molecule has 1 aromatic carbocycles. The topological polar surface area (TPSA) is 58.2 Å². The molecule has 1 aliphatic heterocycles. The summed E-state index contributed by atoms with van der Waals surface area (Å²) in [6.45, 7) is 0.842. The van der Waals surface area contributed by atoms with E-state index in [-0.39, 0.29) is 18.1 Å². The van der Waals surface area contributed by atoms with Crippen LogP contribution in [0.1, 0.15) is 50.4 Å². The lowest BCUT2D eigenvalue weighted by atomic mass is 9.86. The van der Waals surface area contributed by atoms with Crippen molar-refractivity contribution in [2.24, 2.45) is 5.92 Å². The first-order valence-corrected chi connectivity index (χ1v) is 9.04. The third-order valence-corrected chi connectivity index (χ3v) is 5.57. The summed E-state index contributed by atoms with van der Waals surface area (Å²) in [6.07, 6.45) is 6.28. The molecule has 0 spiro atoms. The lowest BCUT2D eigenvalue weighted by Gasteiger charge is -2.32. The Hall–Kier alpha value is -1.88. The third kappa shape index (κ3) is 2.81. The highest BCUT2D eigenvalue weighted by Crippen LogP contribution is 2.35. The van der Waals surface area contributed by atoms with Crippen LogP contribution in [0.25, 0.3) is 11.0 Å². The second-order valence-electron chi connectivity index (χ2n) is 7.05. The number of para-hydroxylation sites is 2. The molecule has 2 heterocycles. The van der Waals surface area contributed by atoms with Gasteiger partial charge in [0.1, 0.15) is 5.82 Å². The molecule has 3 atom stereocenters. The van der Waals surface area contributed by atoms with Crippen LogP contribution in [0.4, 0.5) is 0 Å². The number of H-pyrrole nitrogens is 1. The Balaban J connectivity index is 1.54. The van der Waals surface area contributed by atoms with E-state index in [1.807, 2.05) is 24.3 Å². The number of aromatic amines is 1. The number of hydrogen-bond acceptors (Lipinski definition) is 3. The van der Waals surface area contributed by atoms with Crippen molar-refractivity contribution in [2.75, 3.05) is 13.7 Å². The second kappa shape index (κ2) is 6.55. The monoisotopic (exact) mass is 327 g/mol. The Morgan fingerprint density at radius 2 is 2.12 bits per heavy atom. The predicted octanol–water partition coefficient (Wildman–Crippen LogP) is 3.43. The normalized spacial score (nSPS) is 27.7. The van der Waals surface area contributed by atoms with Gasteiger partial charge in [-0.1, -0.05) is 18.6 Å². The standard InChI is InChI=1S/C19H25N3O2/c1-24-14-7-4-6-13(12-14)19(23)22-11-5-10-17(22)18-20-15-8-2-3-9-16(15)21-18/h2-3,8-9,13-14,17H,4-7,10-12H2,1H3,(H,20,21)/t13-,14+,17-/m1/s1. The average Bonchev–Trinajstić information content (AvgIpc) is 3.27. The van der Waals surface area contributed by atoms with Crippen molar-refractivity contribution in [3.8, 4) is 0 Å². The Morgan fingerprint density at radius 1 is 1.25 bits per heavy atom. The van der Waals surface area contributed by atoms with Gasteiger partial charge in [-0.05, 0) is 44.2 Å². The number of fused-ring (bicyclic) bond motifs is 1. The number of rotatable bonds is 3. The predicted molar refractivity (Wildman–Crippen MR) is 92.5 cm³/mol. The van der Waals surface area contributed by atoms with Gasteiger partial charge in [0.15, 0.2) is 0 Å². The first-order valence-electron chi connectivity index (χ1n) is 9.04. The van der Waals surface area contributed by atoms with Crippen molar-refractivity contribution in [3.63, 3.8) is 0 Å². The van der Waals surface area contributed by atoms with Gasteiger partial charge in [0.25, 0.3) is 0 Å². The van der Waals surface area contributed by atoms with Crippen molar-refractivity contribution in [1.29, 1.82) is 0 Å². The molecule has 4 rings (SSSR count). The van der Waals surface area contributed by atoms with Crippen LogP contribution in [0, 0.1) is 5.92 Å². The van der Waals surface area contributed by atoms with E-state index in [2.05, 4.69) is 9.88 Å². The fourth-order valence-electron chi connectivity index (χ4n) is 4.26. The molecule has 2 aromatic rings. The number of benzene rings is 1. The minimum absolute atomic E-state index is 0.0906. The van der Waals surface area contributed by atoms with Crippen LogP contribution >= 0.6 is 0 Å². The van der Waals surface area contributed by atoms with E-state index in [1.165, 1.54) is 0 Å². The average molecular weight is 327 g/mol. The van der Waals surface area contributed by atoms with Gasteiger partial charge in [-0.2, -0.15) is 0 Å². The number of nitrogens with zero attached hydrogens (tertiary/aromatic N) is 2. The first kappa shape index (κ1) is 15.6. The van der Waals surface area contributed by atoms with E-state index < -0.39 is 0 Å². The summed E-state index contributed by atoms with van der Waals surface area (Å²) in [6, 6.07) is 8.15. The minimum Gasteiger partial charge on any atom is -0.381 e. The Morgan fingerprint density at radius 3 is 2.96 bits per heavy atom. The zero-order valence-corrected chi connectivity index (χ0v) is 14.2. The summed E-state index contributed by atoms with van der Waals surface area (Å²) >= 11 is 0. The van der Waals surface area contributed by atoms with Gasteiger partial charge in [-0.25, -0.2) is 4.98 Å². The van der Waals surface area contributed by atoms with E-state index in [4.69, 9.17) is 9.72 Å². The van der Waals surface area contributed by atoms with Crippen LogP contribution in [0.3, 0.4) is 0 Å². The number of aromatic nitrogens is 2. The molecule has 1 aliphatic carbocycles. The van der Waals surface area contributed by atoms with Crippen LogP contribution in [-0.4, -0.2) is 40.5 Å². The molecular formula is C19H25N3O2. The summed E-state index contributed by atoms with van der Waals surface area (Å²) in [5.74, 6) is 1.33. The van der Waals surface area contributed by atoms with E-state index in [0.717, 1.165) is 61.9 Å². The van der Waals surface area contributed by atoms with E-state index >= 15 is 0 Å². The summed E-state index contributed by atoms with van der Waals surface area (Å²) in [7, 11) is 1.75. The van der Waals surface area contributed by atoms with Crippen LogP contribution < -0.4 is 0 Å². The molecule has 0 radical (unpaired) electrons. The number of methoxy groups -OCH3 is 1. The molecule has 5 heteroatoms. The highest BCUT2D eigenvalue weighted by atomic mass is 16.5. The largest absolute Gasteiger partial charge is 0.381 e. The second-order valence-corrected chi connectivity index (χ2v) is 7.05. The molecule has 1 aromatic heterocycles. The lowest BCUT2D eigenvalue weighted by molar-refractivity contribution is -0.139. The molecule has 1 saturated heterocycles. The molecule has 1 N–H and O–H groups in total. The van der Waals surface area contributed by atoms with Gasteiger partial charge >= 0.3 is 0 Å². The summed E-state index contributed by atoms with van der Waals surface area (Å²) in [5, 5.41) is 0. The molecule has 2 aliphatic rings. The van der Waals surface area contributed by atoms with Crippen LogP contribution in [0.2, 0.25) is 0 Å². The van der Waals surface area contributed by atoms with Crippen molar-refractivity contribution in [2.45, 2.75) is 50.7 Å². The molecule has 0 bridgehead atoms. The minimum atomic E-state index is 0.0906. The number of likely N-dealkylation sites (tertiary alicyclic amines) is 1. The SMILES string of the molecule is CO[C@H]1CCC[C@@H](C(=O)N2CCC[C@@H]2c2nc3ccccc3[nH]2)C1. The summed E-state index contributed by atoms with van der Waals surface area (Å²) in [4.78, 5) is 23.3. The van der Waals surface area contributed by atoms with Crippen LogP contribution in [-0.2, 0) is 9.53 Å². The first-order chi connectivity index (χ1) is 11.8. The van der Waals surface area contributed by atoms with Crippen molar-refractivity contribution in [1.82, 2.24) is 14.9 Å². The number of imidazole rings is 1. The highest BCUT2D eigenvalue weighted by Gasteiger charge is 2.37. The van der Waals surface area contributed by atoms with Crippen molar-refractivity contribution >= 4 is 16.9 Å². The number of amides is 1. The molecule has 1 amide bonds. The molecule has 1 saturated carbocycles. The van der Waals surface area contributed by atoms with Gasteiger partial charge in [0.2, 0.25) is 5.91 Å². The van der Waals surface area contributed by atoms with E-state index in [0.29, 0.717) is 5.91 Å². The number of ether oxygens (including phenoxy) is 1. The fraction of sp³-hybridized carbons (Fsp3) is 0.579. The van der Waals surface area contributed by atoms with Crippen molar-refractivity contribution < 1.29 is 9.53 Å². The van der Waals surface area contributed by atoms with Gasteiger partial charge in [-0.3, -0.25) is 4.79 Å². The maximum atomic E-state index is 13.1. The van der Waals surface area contributed by atoms with E-state index in [9.17, 15) is 4.79 Å². The number of carbonyl (C=O) groups is 1. The van der Waals surface area contributed by atoms with Gasteiger partial charge in [0.05, 0.1) is 23.2 Å². The Labute approximate surface area is 142 Å². The quantitative estimate of drug-likeness (QED) is 0.939. The number of carbonyl (C=O) groups excluding carboxylic acids is 1. The van der Waals surface area contributed by atoms with Crippen LogP contribution in [0.15, 0.2) is 24.3 Å². The van der Waals surface area contributed by atoms with Crippen LogP contribution in [0.5, 0.6) is 0 Å². The Bertz CT molecular complexity index is 693. The molecule has 128 valence electrons. The molecular weight excluding hydrogens is 302 g/mol. The zero-order chi connectivity index (χ0) is 16.5.